The second kappa shape index (κ2) is 11.2. The number of halogens is 3. The van der Waals surface area contributed by atoms with Crippen molar-refractivity contribution in [3.8, 4) is 5.75 Å². The van der Waals surface area contributed by atoms with Gasteiger partial charge >= 0.3 is 6.18 Å². The molecule has 2 fully saturated rings. The Labute approximate surface area is 232 Å². The summed E-state index contributed by atoms with van der Waals surface area (Å²) >= 11 is 0. The van der Waals surface area contributed by atoms with Crippen LogP contribution in [0.5, 0.6) is 5.75 Å². The number of ether oxygens (including phenoxy) is 1. The minimum atomic E-state index is -4.61. The highest BCUT2D eigenvalue weighted by Gasteiger charge is 2.53. The number of hydrazine groups is 1. The van der Waals surface area contributed by atoms with Crippen LogP contribution in [0.2, 0.25) is 0 Å². The van der Waals surface area contributed by atoms with Crippen LogP contribution in [0, 0.1) is 5.92 Å². The van der Waals surface area contributed by atoms with Gasteiger partial charge in [-0.3, -0.25) is 20.0 Å². The Morgan fingerprint density at radius 1 is 0.850 bits per heavy atom. The summed E-state index contributed by atoms with van der Waals surface area (Å²) in [5.41, 5.74) is 9.17. The fraction of sp³-hybridized carbons (Fsp3) is 0.387. The summed E-state index contributed by atoms with van der Waals surface area (Å²) in [4.78, 5) is 16.4. The van der Waals surface area contributed by atoms with Gasteiger partial charge in [0.2, 0.25) is 5.91 Å². The molecule has 0 saturated carbocycles. The molecule has 3 aliphatic rings. The molecule has 0 aliphatic carbocycles. The third-order valence-electron chi connectivity index (χ3n) is 8.34. The fourth-order valence-corrected chi connectivity index (χ4v) is 6.40. The molecule has 0 aromatic heterocycles. The molecule has 0 bridgehead atoms. The van der Waals surface area contributed by atoms with E-state index in [2.05, 4.69) is 64.3 Å². The van der Waals surface area contributed by atoms with Crippen LogP contribution in [-0.2, 0) is 17.9 Å². The lowest BCUT2D eigenvalue weighted by Gasteiger charge is -2.38. The number of piperidine rings is 1. The van der Waals surface area contributed by atoms with Gasteiger partial charge in [-0.05, 0) is 35.6 Å². The number of nitrogens with one attached hydrogen (secondary N) is 2. The third-order valence-corrected chi connectivity index (χ3v) is 8.34. The molecule has 0 spiro atoms. The van der Waals surface area contributed by atoms with Gasteiger partial charge in [0.1, 0.15) is 11.9 Å². The Hall–Kier alpha value is -3.40. The normalized spacial score (nSPS) is 22.8. The quantitative estimate of drug-likeness (QED) is 0.461. The van der Waals surface area contributed by atoms with Gasteiger partial charge in [-0.2, -0.15) is 13.2 Å². The maximum absolute atomic E-state index is 13.8. The molecule has 9 heteroatoms. The zero-order valence-electron chi connectivity index (χ0n) is 22.1. The van der Waals surface area contributed by atoms with Crippen molar-refractivity contribution >= 4 is 5.91 Å². The van der Waals surface area contributed by atoms with Crippen LogP contribution in [0.4, 0.5) is 13.2 Å². The van der Waals surface area contributed by atoms with Crippen LogP contribution in [0.1, 0.15) is 41.1 Å². The third kappa shape index (κ3) is 5.46. The monoisotopic (exact) mass is 550 g/mol. The Bertz CT molecular complexity index is 1270. The Kier molecular flexibility index (Phi) is 7.53. The number of hydrogen-bond acceptors (Lipinski definition) is 5. The standard InChI is InChI=1S/C31H33F3N4O2/c32-31(33,34)28-26(18-35-36-30(28)39)38-19-23-12-7-13-27(25(23)20-38)40-24-14-16-37(17-15-24)29(21-8-3-1-4-9-21)22-10-5-2-6-11-22/h1-13,24,26,28-29,35H,14-20H2,(H,36,39). The first-order valence-electron chi connectivity index (χ1n) is 13.8. The first kappa shape index (κ1) is 26.8. The van der Waals surface area contributed by atoms with E-state index in [4.69, 9.17) is 4.74 Å². The van der Waals surface area contributed by atoms with E-state index in [1.165, 1.54) is 11.1 Å². The number of rotatable bonds is 6. The lowest BCUT2D eigenvalue weighted by molar-refractivity contribution is -0.201. The molecule has 0 radical (unpaired) electrons. The van der Waals surface area contributed by atoms with Gasteiger partial charge in [0.25, 0.3) is 0 Å². The van der Waals surface area contributed by atoms with Crippen molar-refractivity contribution in [2.45, 2.75) is 50.3 Å². The van der Waals surface area contributed by atoms with E-state index >= 15 is 0 Å². The molecule has 2 saturated heterocycles. The maximum atomic E-state index is 13.8. The summed E-state index contributed by atoms with van der Waals surface area (Å²) in [6.45, 7) is 2.45. The average molecular weight is 551 g/mol. The van der Waals surface area contributed by atoms with Crippen LogP contribution in [0.15, 0.2) is 78.9 Å². The molecule has 6 nitrogen and oxygen atoms in total. The van der Waals surface area contributed by atoms with Crippen molar-refractivity contribution in [2.24, 2.45) is 5.92 Å². The summed E-state index contributed by atoms with van der Waals surface area (Å²) < 4.78 is 47.8. The topological polar surface area (TPSA) is 56.8 Å². The Balaban J connectivity index is 1.14. The van der Waals surface area contributed by atoms with Crippen LogP contribution in [0.25, 0.3) is 0 Å². The number of carbonyl (C=O) groups is 1. The van der Waals surface area contributed by atoms with Crippen LogP contribution in [-0.4, -0.2) is 53.7 Å². The van der Waals surface area contributed by atoms with Crippen molar-refractivity contribution in [3.63, 3.8) is 0 Å². The van der Waals surface area contributed by atoms with Gasteiger partial charge in [-0.1, -0.05) is 72.8 Å². The van der Waals surface area contributed by atoms with Crippen molar-refractivity contribution in [1.29, 1.82) is 0 Å². The molecule has 2 unspecified atom stereocenters. The minimum Gasteiger partial charge on any atom is -0.490 e. The summed E-state index contributed by atoms with van der Waals surface area (Å²) in [6, 6.07) is 26.0. The predicted octanol–water partition coefficient (Wildman–Crippen LogP) is 4.82. The van der Waals surface area contributed by atoms with Gasteiger partial charge in [-0.15, -0.1) is 0 Å². The number of hydrogen-bond donors (Lipinski definition) is 2. The second-order valence-corrected chi connectivity index (χ2v) is 10.8. The van der Waals surface area contributed by atoms with Crippen LogP contribution < -0.4 is 15.6 Å². The van der Waals surface area contributed by atoms with E-state index in [1.807, 2.05) is 30.3 Å². The highest BCUT2D eigenvalue weighted by Crippen LogP contribution is 2.39. The highest BCUT2D eigenvalue weighted by atomic mass is 19.4. The van der Waals surface area contributed by atoms with E-state index in [0.717, 1.165) is 42.8 Å². The molecule has 3 aliphatic heterocycles. The lowest BCUT2D eigenvalue weighted by Crippen LogP contribution is -2.63. The molecule has 3 heterocycles. The van der Waals surface area contributed by atoms with Crippen molar-refractivity contribution in [3.05, 3.63) is 101 Å². The molecule has 3 aromatic carbocycles. The second-order valence-electron chi connectivity index (χ2n) is 10.8. The maximum Gasteiger partial charge on any atom is 0.402 e. The Morgan fingerprint density at radius 3 is 2.12 bits per heavy atom. The van der Waals surface area contributed by atoms with Gasteiger partial charge in [0, 0.05) is 44.3 Å². The number of carbonyl (C=O) groups excluding carboxylic acids is 1. The fourth-order valence-electron chi connectivity index (χ4n) is 6.40. The largest absolute Gasteiger partial charge is 0.490 e. The summed E-state index contributed by atoms with van der Waals surface area (Å²) in [5.74, 6) is -2.37. The molecule has 6 rings (SSSR count). The molecule has 3 aromatic rings. The zero-order chi connectivity index (χ0) is 27.7. The molecular formula is C31H33F3N4O2. The SMILES string of the molecule is O=C1NNCC(N2Cc3cccc(OC4CCN(C(c5ccccc5)c5ccccc5)CC4)c3C2)C1C(F)(F)F. The first-order valence-corrected chi connectivity index (χ1v) is 13.8. The zero-order valence-corrected chi connectivity index (χ0v) is 22.1. The van der Waals surface area contributed by atoms with Crippen LogP contribution in [0.3, 0.4) is 0 Å². The van der Waals surface area contributed by atoms with Crippen molar-refractivity contribution in [1.82, 2.24) is 20.7 Å². The average Bonchev–Trinajstić information content (AvgIpc) is 3.40. The van der Waals surface area contributed by atoms with Gasteiger partial charge in [0.05, 0.1) is 6.04 Å². The summed E-state index contributed by atoms with van der Waals surface area (Å²) in [7, 11) is 0. The van der Waals surface area contributed by atoms with Crippen LogP contribution >= 0.6 is 0 Å². The van der Waals surface area contributed by atoms with E-state index in [0.29, 0.717) is 13.1 Å². The lowest BCUT2D eigenvalue weighted by atomic mass is 9.94. The molecule has 210 valence electrons. The number of amides is 1. The highest BCUT2D eigenvalue weighted by molar-refractivity contribution is 5.80. The number of alkyl halides is 3. The molecule has 40 heavy (non-hydrogen) atoms. The first-order chi connectivity index (χ1) is 19.4. The van der Waals surface area contributed by atoms with Crippen molar-refractivity contribution in [2.75, 3.05) is 19.6 Å². The smallest absolute Gasteiger partial charge is 0.402 e. The van der Waals surface area contributed by atoms with E-state index < -0.39 is 24.0 Å². The summed E-state index contributed by atoms with van der Waals surface area (Å²) in [6.07, 6.45) is -2.89. The number of nitrogens with zero attached hydrogens (tertiary/aromatic N) is 2. The van der Waals surface area contributed by atoms with Crippen molar-refractivity contribution < 1.29 is 22.7 Å². The van der Waals surface area contributed by atoms with Gasteiger partial charge in [0.15, 0.2) is 5.92 Å². The van der Waals surface area contributed by atoms with E-state index in [1.54, 1.807) is 4.90 Å². The van der Waals surface area contributed by atoms with Gasteiger partial charge in [-0.25, -0.2) is 5.43 Å². The number of fused-ring (bicyclic) bond motifs is 1. The minimum absolute atomic E-state index is 0.0223. The van der Waals surface area contributed by atoms with E-state index in [-0.39, 0.29) is 18.7 Å². The Morgan fingerprint density at radius 2 is 1.50 bits per heavy atom. The number of benzene rings is 3. The molecule has 2 atom stereocenters. The predicted molar refractivity (Wildman–Crippen MR) is 145 cm³/mol. The molecule has 1 amide bonds. The van der Waals surface area contributed by atoms with Gasteiger partial charge < -0.3 is 4.74 Å². The number of likely N-dealkylation sites (tertiary alicyclic amines) is 1. The summed E-state index contributed by atoms with van der Waals surface area (Å²) in [5, 5.41) is 0. The molecule has 2 N–H and O–H groups in total. The molecular weight excluding hydrogens is 517 g/mol. The van der Waals surface area contributed by atoms with E-state index in [9.17, 15) is 18.0 Å².